The summed E-state index contributed by atoms with van der Waals surface area (Å²) in [5.41, 5.74) is 0.697. The fourth-order valence-corrected chi connectivity index (χ4v) is 3.70. The first-order chi connectivity index (χ1) is 12.2. The van der Waals surface area contributed by atoms with Gasteiger partial charge in [0.1, 0.15) is 11.4 Å². The predicted molar refractivity (Wildman–Crippen MR) is 108 cm³/mol. The third kappa shape index (κ3) is 6.16. The molecular weight excluding hydrogens is 396 g/mol. The second-order valence-corrected chi connectivity index (χ2v) is 8.85. The summed E-state index contributed by atoms with van der Waals surface area (Å²) in [6.07, 6.45) is 3.85. The topological polar surface area (TPSA) is 50.8 Å². The second-order valence-electron chi connectivity index (χ2n) is 7.93. The maximum atomic E-state index is 12.2. The van der Waals surface area contributed by atoms with Crippen LogP contribution in [0.1, 0.15) is 52.0 Å². The third-order valence-corrected chi connectivity index (χ3v) is 5.24. The Morgan fingerprint density at radius 2 is 1.92 bits per heavy atom. The quantitative estimate of drug-likeness (QED) is 0.739. The minimum absolute atomic E-state index is 0.229. The fourth-order valence-electron chi connectivity index (χ4n) is 3.29. The predicted octanol–water partition coefficient (Wildman–Crippen LogP) is 4.73. The number of hydrogen-bond donors (Lipinski definition) is 1. The standard InChI is InChI=1S/C20H31BrN2O3/c1-20(2,3)26-19(24)23(4)17-9-7-16(8-10-17)22-13-14-12-15(21)6-11-18(14)25-5/h6,11-12,16-17,22H,7-10,13H2,1-5H3/t16-,17-. The lowest BCUT2D eigenvalue weighted by Gasteiger charge is -2.35. The van der Waals surface area contributed by atoms with Gasteiger partial charge in [0.2, 0.25) is 0 Å². The first-order valence-corrected chi connectivity index (χ1v) is 10.0. The van der Waals surface area contributed by atoms with Gasteiger partial charge in [-0.1, -0.05) is 15.9 Å². The molecule has 0 spiro atoms. The number of ether oxygens (including phenoxy) is 2. The van der Waals surface area contributed by atoms with E-state index in [2.05, 4.69) is 27.3 Å². The van der Waals surface area contributed by atoms with E-state index < -0.39 is 5.60 Å². The highest BCUT2D eigenvalue weighted by atomic mass is 79.9. The highest BCUT2D eigenvalue weighted by Gasteiger charge is 2.29. The van der Waals surface area contributed by atoms with Gasteiger partial charge in [-0.15, -0.1) is 0 Å². The van der Waals surface area contributed by atoms with Crippen molar-refractivity contribution in [3.05, 3.63) is 28.2 Å². The van der Waals surface area contributed by atoms with Crippen LogP contribution in [0.4, 0.5) is 4.79 Å². The zero-order valence-electron chi connectivity index (χ0n) is 16.5. The van der Waals surface area contributed by atoms with E-state index in [1.165, 1.54) is 0 Å². The summed E-state index contributed by atoms with van der Waals surface area (Å²) in [7, 11) is 3.54. The van der Waals surface area contributed by atoms with Crippen LogP contribution in [-0.2, 0) is 11.3 Å². The van der Waals surface area contributed by atoms with Crippen LogP contribution < -0.4 is 10.1 Å². The van der Waals surface area contributed by atoms with Gasteiger partial charge in [-0.25, -0.2) is 4.79 Å². The van der Waals surface area contributed by atoms with Gasteiger partial charge >= 0.3 is 6.09 Å². The van der Waals surface area contributed by atoms with Crippen molar-refractivity contribution in [1.82, 2.24) is 10.2 Å². The molecule has 26 heavy (non-hydrogen) atoms. The van der Waals surface area contributed by atoms with Gasteiger partial charge in [-0.3, -0.25) is 0 Å². The number of halogens is 1. The van der Waals surface area contributed by atoms with Crippen LogP contribution in [0.5, 0.6) is 5.75 Å². The van der Waals surface area contributed by atoms with Crippen molar-refractivity contribution in [3.63, 3.8) is 0 Å². The number of methoxy groups -OCH3 is 1. The SMILES string of the molecule is COc1ccc(Br)cc1CN[C@H]1CC[C@H](N(C)C(=O)OC(C)(C)C)CC1. The van der Waals surface area contributed by atoms with Crippen molar-refractivity contribution in [1.29, 1.82) is 0 Å². The summed E-state index contributed by atoms with van der Waals surface area (Å²) in [5.74, 6) is 0.902. The number of carbonyl (C=O) groups excluding carboxylic acids is 1. The third-order valence-electron chi connectivity index (χ3n) is 4.75. The molecule has 1 fully saturated rings. The average molecular weight is 427 g/mol. The molecule has 1 N–H and O–H groups in total. The molecular formula is C20H31BrN2O3. The van der Waals surface area contributed by atoms with Crippen LogP contribution in [0.15, 0.2) is 22.7 Å². The Labute approximate surface area is 165 Å². The molecule has 2 rings (SSSR count). The van der Waals surface area contributed by atoms with E-state index >= 15 is 0 Å². The van der Waals surface area contributed by atoms with E-state index in [-0.39, 0.29) is 12.1 Å². The van der Waals surface area contributed by atoms with Crippen molar-refractivity contribution in [2.45, 2.75) is 70.7 Å². The lowest BCUT2D eigenvalue weighted by atomic mass is 9.90. The Hall–Kier alpha value is -1.27. The number of amides is 1. The first kappa shape index (κ1) is 21.0. The van der Waals surface area contributed by atoms with Crippen molar-refractivity contribution in [3.8, 4) is 5.75 Å². The van der Waals surface area contributed by atoms with E-state index in [4.69, 9.17) is 9.47 Å². The second kappa shape index (κ2) is 9.09. The average Bonchev–Trinajstić information content (AvgIpc) is 2.58. The fraction of sp³-hybridized carbons (Fsp3) is 0.650. The van der Waals surface area contributed by atoms with Crippen LogP contribution in [0, 0.1) is 0 Å². The molecule has 0 aromatic heterocycles. The molecule has 1 saturated carbocycles. The lowest BCUT2D eigenvalue weighted by Crippen LogP contribution is -2.44. The van der Waals surface area contributed by atoms with E-state index in [9.17, 15) is 4.79 Å². The van der Waals surface area contributed by atoms with Crippen molar-refractivity contribution in [2.24, 2.45) is 0 Å². The van der Waals surface area contributed by atoms with Crippen LogP contribution in [-0.4, -0.2) is 42.8 Å². The number of benzene rings is 1. The monoisotopic (exact) mass is 426 g/mol. The Balaban J connectivity index is 1.82. The van der Waals surface area contributed by atoms with Crippen LogP contribution in [0.3, 0.4) is 0 Å². The molecule has 0 aliphatic heterocycles. The molecule has 0 atom stereocenters. The van der Waals surface area contributed by atoms with Gasteiger partial charge in [0, 0.05) is 35.7 Å². The van der Waals surface area contributed by atoms with Crippen molar-refractivity contribution in [2.75, 3.05) is 14.2 Å². The van der Waals surface area contributed by atoms with Gasteiger partial charge in [0.05, 0.1) is 7.11 Å². The van der Waals surface area contributed by atoms with Gasteiger partial charge in [-0.2, -0.15) is 0 Å². The maximum absolute atomic E-state index is 12.2. The molecule has 6 heteroatoms. The first-order valence-electron chi connectivity index (χ1n) is 9.21. The Morgan fingerprint density at radius 1 is 1.27 bits per heavy atom. The molecule has 146 valence electrons. The molecule has 0 heterocycles. The highest BCUT2D eigenvalue weighted by Crippen LogP contribution is 2.26. The normalized spacial score (nSPS) is 20.5. The van der Waals surface area contributed by atoms with Gasteiger partial charge < -0.3 is 19.7 Å². The smallest absolute Gasteiger partial charge is 0.410 e. The van der Waals surface area contributed by atoms with E-state index in [1.807, 2.05) is 40.0 Å². The lowest BCUT2D eigenvalue weighted by molar-refractivity contribution is 0.0179. The zero-order chi connectivity index (χ0) is 19.3. The summed E-state index contributed by atoms with van der Waals surface area (Å²) in [6.45, 7) is 6.47. The van der Waals surface area contributed by atoms with Crippen LogP contribution in [0.25, 0.3) is 0 Å². The molecule has 1 aliphatic rings. The maximum Gasteiger partial charge on any atom is 0.410 e. The number of rotatable bonds is 5. The van der Waals surface area contributed by atoms with Crippen molar-refractivity contribution < 1.29 is 14.3 Å². The summed E-state index contributed by atoms with van der Waals surface area (Å²) in [4.78, 5) is 14.0. The Bertz CT molecular complexity index is 608. The Kier molecular flexibility index (Phi) is 7.35. The van der Waals surface area contributed by atoms with Gasteiger partial charge in [-0.05, 0) is 64.7 Å². The van der Waals surface area contributed by atoms with Gasteiger partial charge in [0.15, 0.2) is 0 Å². The summed E-state index contributed by atoms with van der Waals surface area (Å²) >= 11 is 3.52. The largest absolute Gasteiger partial charge is 0.496 e. The zero-order valence-corrected chi connectivity index (χ0v) is 18.1. The van der Waals surface area contributed by atoms with Crippen LogP contribution in [0.2, 0.25) is 0 Å². The van der Waals surface area contributed by atoms with E-state index in [1.54, 1.807) is 12.0 Å². The molecule has 0 unspecified atom stereocenters. The van der Waals surface area contributed by atoms with Crippen molar-refractivity contribution >= 4 is 22.0 Å². The number of carbonyl (C=O) groups is 1. The van der Waals surface area contributed by atoms with Crippen LogP contribution >= 0.6 is 15.9 Å². The number of nitrogens with zero attached hydrogens (tertiary/aromatic N) is 1. The molecule has 5 nitrogen and oxygen atoms in total. The van der Waals surface area contributed by atoms with Gasteiger partial charge in [0.25, 0.3) is 0 Å². The van der Waals surface area contributed by atoms with E-state index in [0.29, 0.717) is 6.04 Å². The minimum atomic E-state index is -0.451. The molecule has 1 aliphatic carbocycles. The minimum Gasteiger partial charge on any atom is -0.496 e. The van der Waals surface area contributed by atoms with E-state index in [0.717, 1.165) is 48.0 Å². The molecule has 0 saturated heterocycles. The summed E-state index contributed by atoms with van der Waals surface area (Å²) in [6, 6.07) is 6.77. The highest BCUT2D eigenvalue weighted by molar-refractivity contribution is 9.10. The number of hydrogen-bond acceptors (Lipinski definition) is 4. The Morgan fingerprint density at radius 3 is 2.50 bits per heavy atom. The molecule has 0 bridgehead atoms. The molecule has 1 aromatic carbocycles. The number of nitrogens with one attached hydrogen (secondary N) is 1. The molecule has 0 radical (unpaired) electrons. The molecule has 1 aromatic rings. The summed E-state index contributed by atoms with van der Waals surface area (Å²) in [5, 5.41) is 3.63. The molecule has 1 amide bonds. The summed E-state index contributed by atoms with van der Waals surface area (Å²) < 4.78 is 12.0.